The van der Waals surface area contributed by atoms with Crippen molar-refractivity contribution in [2.75, 3.05) is 0 Å². The molecule has 0 unspecified atom stereocenters. The number of rotatable bonds is 1. The van der Waals surface area contributed by atoms with E-state index in [1.54, 1.807) is 18.5 Å². The molecule has 1 rings (SSSR count). The fourth-order valence-electron chi connectivity index (χ4n) is 0.594. The van der Waals surface area contributed by atoms with Crippen LogP contribution in [0.3, 0.4) is 0 Å². The summed E-state index contributed by atoms with van der Waals surface area (Å²) in [5.74, 6) is 0.0503. The molecule has 3 N–H and O–H groups in total. The van der Waals surface area contributed by atoms with Crippen molar-refractivity contribution in [3.05, 3.63) is 28.5 Å². The van der Waals surface area contributed by atoms with Crippen LogP contribution in [-0.4, -0.2) is 10.8 Å². The van der Waals surface area contributed by atoms with Gasteiger partial charge in [-0.05, 0) is 22.0 Å². The van der Waals surface area contributed by atoms with E-state index < -0.39 is 0 Å². The van der Waals surface area contributed by atoms with Crippen molar-refractivity contribution in [2.45, 2.75) is 0 Å². The lowest BCUT2D eigenvalue weighted by molar-refractivity contribution is 1.28. The van der Waals surface area contributed by atoms with E-state index in [1.807, 2.05) is 0 Å². The first-order valence-corrected chi connectivity index (χ1v) is 3.45. The number of hydrogen-bond donors (Lipinski definition) is 2. The summed E-state index contributed by atoms with van der Waals surface area (Å²) in [6.07, 6.45) is 3.21. The van der Waals surface area contributed by atoms with Crippen molar-refractivity contribution in [3.63, 3.8) is 0 Å². The van der Waals surface area contributed by atoms with Crippen LogP contribution in [0.25, 0.3) is 0 Å². The Morgan fingerprint density at radius 2 is 2.40 bits per heavy atom. The standard InChI is InChI=1S/C6H6BrN3/c7-5-3-10-2-1-4(5)6(8)9/h1-3H,(H3,8,9). The van der Waals surface area contributed by atoms with E-state index in [-0.39, 0.29) is 5.84 Å². The average Bonchev–Trinajstić information content (AvgIpc) is 1.88. The zero-order valence-electron chi connectivity index (χ0n) is 5.13. The van der Waals surface area contributed by atoms with Crippen molar-refractivity contribution >= 4 is 21.8 Å². The molecule has 0 saturated heterocycles. The third-order valence-corrected chi connectivity index (χ3v) is 1.69. The van der Waals surface area contributed by atoms with Gasteiger partial charge in [0.2, 0.25) is 0 Å². The van der Waals surface area contributed by atoms with Crippen molar-refractivity contribution in [1.82, 2.24) is 4.98 Å². The van der Waals surface area contributed by atoms with Crippen LogP contribution in [0.2, 0.25) is 0 Å². The van der Waals surface area contributed by atoms with Crippen LogP contribution in [0.5, 0.6) is 0 Å². The molecule has 52 valence electrons. The molecule has 4 heteroatoms. The summed E-state index contributed by atoms with van der Waals surface area (Å²) >= 11 is 3.21. The second kappa shape index (κ2) is 2.79. The summed E-state index contributed by atoms with van der Waals surface area (Å²) < 4.78 is 0.752. The maximum atomic E-state index is 7.10. The Morgan fingerprint density at radius 3 is 2.80 bits per heavy atom. The molecule has 0 aromatic carbocycles. The number of halogens is 1. The number of amidine groups is 1. The largest absolute Gasteiger partial charge is 0.384 e. The van der Waals surface area contributed by atoms with Crippen molar-refractivity contribution in [2.24, 2.45) is 5.73 Å². The molecule has 3 nitrogen and oxygen atoms in total. The van der Waals surface area contributed by atoms with Crippen LogP contribution in [0.15, 0.2) is 22.9 Å². The molecule has 0 spiro atoms. The van der Waals surface area contributed by atoms with E-state index in [4.69, 9.17) is 11.1 Å². The predicted octanol–water partition coefficient (Wildman–Crippen LogP) is 1.13. The molecule has 1 aromatic rings. The fraction of sp³-hybridized carbons (Fsp3) is 0. The van der Waals surface area contributed by atoms with Crippen LogP contribution < -0.4 is 5.73 Å². The monoisotopic (exact) mass is 199 g/mol. The van der Waals surface area contributed by atoms with Crippen molar-refractivity contribution in [1.29, 1.82) is 5.41 Å². The molecule has 0 radical (unpaired) electrons. The van der Waals surface area contributed by atoms with E-state index in [0.29, 0.717) is 5.56 Å². The third-order valence-electron chi connectivity index (χ3n) is 1.06. The number of pyridine rings is 1. The van der Waals surface area contributed by atoms with Gasteiger partial charge in [0.15, 0.2) is 0 Å². The summed E-state index contributed by atoms with van der Waals surface area (Å²) in [7, 11) is 0. The van der Waals surface area contributed by atoms with E-state index in [2.05, 4.69) is 20.9 Å². The van der Waals surface area contributed by atoms with Crippen LogP contribution in [0, 0.1) is 5.41 Å². The molecule has 0 amide bonds. The molecule has 0 aliphatic heterocycles. The van der Waals surface area contributed by atoms with Crippen molar-refractivity contribution < 1.29 is 0 Å². The molecular weight excluding hydrogens is 194 g/mol. The number of nitrogens with one attached hydrogen (secondary N) is 1. The Morgan fingerprint density at radius 1 is 1.70 bits per heavy atom. The van der Waals surface area contributed by atoms with Gasteiger partial charge in [-0.2, -0.15) is 0 Å². The fourth-order valence-corrected chi connectivity index (χ4v) is 1.06. The highest BCUT2D eigenvalue weighted by molar-refractivity contribution is 9.10. The molecule has 0 fully saturated rings. The molecule has 1 aromatic heterocycles. The van der Waals surface area contributed by atoms with Gasteiger partial charge in [-0.3, -0.25) is 10.4 Å². The second-order valence-electron chi connectivity index (χ2n) is 1.77. The predicted molar refractivity (Wildman–Crippen MR) is 43.0 cm³/mol. The maximum absolute atomic E-state index is 7.10. The van der Waals surface area contributed by atoms with Gasteiger partial charge in [-0.25, -0.2) is 0 Å². The summed E-state index contributed by atoms with van der Waals surface area (Å²) in [5.41, 5.74) is 5.92. The van der Waals surface area contributed by atoms with Gasteiger partial charge >= 0.3 is 0 Å². The summed E-state index contributed by atoms with van der Waals surface area (Å²) in [4.78, 5) is 3.83. The van der Waals surface area contributed by atoms with E-state index in [1.165, 1.54) is 0 Å². The molecule has 0 saturated carbocycles. The normalized spacial score (nSPS) is 9.30. The molecular formula is C6H6BrN3. The zero-order valence-corrected chi connectivity index (χ0v) is 6.72. The first-order chi connectivity index (χ1) is 4.72. The first kappa shape index (κ1) is 7.21. The van der Waals surface area contributed by atoms with Gasteiger partial charge in [0.25, 0.3) is 0 Å². The summed E-state index contributed by atoms with van der Waals surface area (Å²) in [6.45, 7) is 0. The Balaban J connectivity index is 3.15. The Labute approximate surface area is 66.9 Å². The minimum atomic E-state index is 0.0503. The number of nitrogen functional groups attached to an aromatic ring is 1. The number of nitrogens with zero attached hydrogens (tertiary/aromatic N) is 1. The van der Waals surface area contributed by atoms with Crippen LogP contribution in [0.4, 0.5) is 0 Å². The zero-order chi connectivity index (χ0) is 7.56. The highest BCUT2D eigenvalue weighted by Gasteiger charge is 1.99. The Kier molecular flexibility index (Phi) is 2.01. The van der Waals surface area contributed by atoms with E-state index >= 15 is 0 Å². The molecule has 1 heterocycles. The third kappa shape index (κ3) is 1.33. The number of nitrogens with two attached hydrogens (primary N) is 1. The quantitative estimate of drug-likeness (QED) is 0.527. The van der Waals surface area contributed by atoms with Gasteiger partial charge in [-0.15, -0.1) is 0 Å². The molecule has 0 atom stereocenters. The Hall–Kier alpha value is -0.900. The lowest BCUT2D eigenvalue weighted by atomic mass is 10.2. The van der Waals surface area contributed by atoms with Crippen LogP contribution in [-0.2, 0) is 0 Å². The minimum absolute atomic E-state index is 0.0503. The summed E-state index contributed by atoms with van der Waals surface area (Å²) in [6, 6.07) is 1.69. The maximum Gasteiger partial charge on any atom is 0.124 e. The van der Waals surface area contributed by atoms with Gasteiger partial charge < -0.3 is 5.73 Å². The van der Waals surface area contributed by atoms with Crippen molar-refractivity contribution in [3.8, 4) is 0 Å². The van der Waals surface area contributed by atoms with E-state index in [0.717, 1.165) is 4.47 Å². The Bertz CT molecular complexity index is 259. The summed E-state index contributed by atoms with van der Waals surface area (Å²) in [5, 5.41) is 7.10. The second-order valence-corrected chi connectivity index (χ2v) is 2.62. The number of hydrogen-bond acceptors (Lipinski definition) is 2. The molecule has 10 heavy (non-hydrogen) atoms. The van der Waals surface area contributed by atoms with Crippen LogP contribution >= 0.6 is 15.9 Å². The van der Waals surface area contributed by atoms with Gasteiger partial charge in [0.1, 0.15) is 5.84 Å². The lowest BCUT2D eigenvalue weighted by Gasteiger charge is -1.98. The molecule has 0 bridgehead atoms. The first-order valence-electron chi connectivity index (χ1n) is 2.65. The molecule has 0 aliphatic rings. The highest BCUT2D eigenvalue weighted by atomic mass is 79.9. The SMILES string of the molecule is N=C(N)c1ccncc1Br. The number of aromatic nitrogens is 1. The van der Waals surface area contributed by atoms with Crippen LogP contribution in [0.1, 0.15) is 5.56 Å². The smallest absolute Gasteiger partial charge is 0.124 e. The topological polar surface area (TPSA) is 62.8 Å². The molecule has 0 aliphatic carbocycles. The van der Waals surface area contributed by atoms with Gasteiger partial charge in [0, 0.05) is 22.4 Å². The van der Waals surface area contributed by atoms with Gasteiger partial charge in [-0.1, -0.05) is 0 Å². The average molecular weight is 200 g/mol. The lowest BCUT2D eigenvalue weighted by Crippen LogP contribution is -2.11. The van der Waals surface area contributed by atoms with Gasteiger partial charge in [0.05, 0.1) is 0 Å². The van der Waals surface area contributed by atoms with E-state index in [9.17, 15) is 0 Å². The minimum Gasteiger partial charge on any atom is -0.384 e. The highest BCUT2D eigenvalue weighted by Crippen LogP contribution is 2.12.